The molecule has 0 radical (unpaired) electrons. The molecule has 1 aromatic heterocycles. The van der Waals surface area contributed by atoms with Crippen LogP contribution in [0.1, 0.15) is 38.8 Å². The molecule has 2 atom stereocenters. The number of benzene rings is 2. The molecule has 11 nitrogen and oxygen atoms in total. The largest absolute Gasteiger partial charge is 0.444 e. The SMILES string of the molecule is CC(C)(C)OC(=O)N1C[C@@H](n2nnc(-c3ccc(F)cc3F)n2)C[C@H]1C(=O)N1CCN(c2ccccc2C#N)CC1. The Labute approximate surface area is 235 Å². The van der Waals surface area contributed by atoms with Gasteiger partial charge in [0, 0.05) is 45.2 Å². The van der Waals surface area contributed by atoms with Crippen molar-refractivity contribution >= 4 is 17.7 Å². The Morgan fingerprint density at radius 3 is 2.49 bits per heavy atom. The normalized spacial score (nSPS) is 19.3. The lowest BCUT2D eigenvalue weighted by atomic mass is 10.1. The number of nitriles is 1. The van der Waals surface area contributed by atoms with Gasteiger partial charge >= 0.3 is 6.09 Å². The van der Waals surface area contributed by atoms with E-state index in [2.05, 4.69) is 26.4 Å². The van der Waals surface area contributed by atoms with Crippen LogP contribution in [0.5, 0.6) is 0 Å². The first-order valence-corrected chi connectivity index (χ1v) is 13.3. The van der Waals surface area contributed by atoms with Crippen molar-refractivity contribution in [2.24, 2.45) is 0 Å². The monoisotopic (exact) mass is 564 g/mol. The van der Waals surface area contributed by atoms with Crippen molar-refractivity contribution in [1.29, 1.82) is 5.26 Å². The number of likely N-dealkylation sites (tertiary alicyclic amines) is 1. The first-order valence-electron chi connectivity index (χ1n) is 13.3. The molecular formula is C28H30F2N8O3. The lowest BCUT2D eigenvalue weighted by molar-refractivity contribution is -0.136. The first-order chi connectivity index (χ1) is 19.5. The number of rotatable bonds is 4. The van der Waals surface area contributed by atoms with Crippen LogP contribution >= 0.6 is 0 Å². The van der Waals surface area contributed by atoms with E-state index in [9.17, 15) is 23.6 Å². The van der Waals surface area contributed by atoms with Crippen LogP contribution in [0.4, 0.5) is 19.3 Å². The summed E-state index contributed by atoms with van der Waals surface area (Å²) in [6, 6.07) is 11.3. The number of para-hydroxylation sites is 1. The van der Waals surface area contributed by atoms with E-state index in [4.69, 9.17) is 4.74 Å². The average molecular weight is 565 g/mol. The number of carbonyl (C=O) groups is 2. The minimum atomic E-state index is -0.829. The van der Waals surface area contributed by atoms with Crippen molar-refractivity contribution in [3.63, 3.8) is 0 Å². The molecule has 0 bridgehead atoms. The highest BCUT2D eigenvalue weighted by Crippen LogP contribution is 2.31. The van der Waals surface area contributed by atoms with Gasteiger partial charge in [-0.3, -0.25) is 9.69 Å². The number of halogens is 2. The minimum Gasteiger partial charge on any atom is -0.444 e. The fourth-order valence-corrected chi connectivity index (χ4v) is 5.12. The van der Waals surface area contributed by atoms with Crippen LogP contribution in [0.3, 0.4) is 0 Å². The zero-order valence-corrected chi connectivity index (χ0v) is 23.0. The Hall–Kier alpha value is -4.60. The van der Waals surface area contributed by atoms with Gasteiger partial charge in [0.2, 0.25) is 11.7 Å². The standard InChI is InChI=1S/C28H30F2N8O3/c1-28(2,3)41-27(40)37-17-20(38-33-25(32-34-38)21-9-8-19(29)14-22(21)30)15-24(37)26(39)36-12-10-35(11-13-36)23-7-5-4-6-18(23)16-31/h4-9,14,20,24H,10-13,15,17H2,1-3H3/t20-,24-/m0/s1. The fourth-order valence-electron chi connectivity index (χ4n) is 5.12. The predicted octanol–water partition coefficient (Wildman–Crippen LogP) is 3.39. The third kappa shape index (κ3) is 5.96. The van der Waals surface area contributed by atoms with Gasteiger partial charge in [-0.05, 0) is 50.3 Å². The molecule has 2 aromatic carbocycles. The van der Waals surface area contributed by atoms with Crippen molar-refractivity contribution < 1.29 is 23.1 Å². The van der Waals surface area contributed by atoms with Crippen LogP contribution in [0.2, 0.25) is 0 Å². The van der Waals surface area contributed by atoms with E-state index in [1.54, 1.807) is 31.7 Å². The summed E-state index contributed by atoms with van der Waals surface area (Å²) < 4.78 is 33.3. The summed E-state index contributed by atoms with van der Waals surface area (Å²) in [5, 5.41) is 21.7. The molecule has 0 saturated carbocycles. The number of tetrazole rings is 1. The van der Waals surface area contributed by atoms with E-state index in [1.807, 2.05) is 18.2 Å². The smallest absolute Gasteiger partial charge is 0.411 e. The molecule has 3 aromatic rings. The van der Waals surface area contributed by atoms with Crippen molar-refractivity contribution in [3.8, 4) is 17.5 Å². The van der Waals surface area contributed by atoms with Crippen molar-refractivity contribution in [2.75, 3.05) is 37.6 Å². The van der Waals surface area contributed by atoms with E-state index in [0.29, 0.717) is 31.7 Å². The maximum atomic E-state index is 14.3. The number of carbonyl (C=O) groups excluding carboxylic acids is 2. The summed E-state index contributed by atoms with van der Waals surface area (Å²) in [4.78, 5) is 33.4. The molecule has 2 aliphatic rings. The molecule has 0 spiro atoms. The Bertz CT molecular complexity index is 1490. The Morgan fingerprint density at radius 2 is 1.80 bits per heavy atom. The van der Waals surface area contributed by atoms with E-state index in [1.165, 1.54) is 15.8 Å². The second-order valence-corrected chi connectivity index (χ2v) is 11.0. The molecule has 214 valence electrons. The number of hydrogen-bond donors (Lipinski definition) is 0. The van der Waals surface area contributed by atoms with Gasteiger partial charge in [0.1, 0.15) is 29.3 Å². The molecule has 2 amide bonds. The van der Waals surface area contributed by atoms with Crippen LogP contribution in [0, 0.1) is 23.0 Å². The van der Waals surface area contributed by atoms with E-state index >= 15 is 0 Å². The van der Waals surface area contributed by atoms with E-state index in [0.717, 1.165) is 17.8 Å². The van der Waals surface area contributed by atoms with E-state index < -0.39 is 35.4 Å². The highest BCUT2D eigenvalue weighted by atomic mass is 19.1. The number of amides is 2. The van der Waals surface area contributed by atoms with Crippen LogP contribution in [-0.2, 0) is 9.53 Å². The molecule has 5 rings (SSSR count). The number of anilines is 1. The molecular weight excluding hydrogens is 534 g/mol. The molecule has 41 heavy (non-hydrogen) atoms. The van der Waals surface area contributed by atoms with Crippen LogP contribution in [0.15, 0.2) is 42.5 Å². The molecule has 13 heteroatoms. The lowest BCUT2D eigenvalue weighted by Crippen LogP contribution is -2.55. The van der Waals surface area contributed by atoms with Crippen LogP contribution < -0.4 is 4.90 Å². The number of hydrogen-bond acceptors (Lipinski definition) is 8. The number of ether oxygens (including phenoxy) is 1. The fraction of sp³-hybridized carbons (Fsp3) is 0.429. The maximum absolute atomic E-state index is 14.3. The zero-order chi connectivity index (χ0) is 29.3. The summed E-state index contributed by atoms with van der Waals surface area (Å²) in [5.41, 5.74) is 0.607. The summed E-state index contributed by atoms with van der Waals surface area (Å²) in [6.07, 6.45) is -0.429. The summed E-state index contributed by atoms with van der Waals surface area (Å²) >= 11 is 0. The van der Waals surface area contributed by atoms with Gasteiger partial charge in [-0.1, -0.05) is 12.1 Å². The second-order valence-electron chi connectivity index (χ2n) is 11.0. The molecule has 0 N–H and O–H groups in total. The van der Waals surface area contributed by atoms with Crippen LogP contribution in [0.25, 0.3) is 11.4 Å². The van der Waals surface area contributed by atoms with Crippen molar-refractivity contribution in [3.05, 3.63) is 59.7 Å². The molecule has 2 aliphatic heterocycles. The van der Waals surface area contributed by atoms with Gasteiger partial charge in [-0.15, -0.1) is 10.2 Å². The van der Waals surface area contributed by atoms with E-state index in [-0.39, 0.29) is 30.3 Å². The Kier molecular flexibility index (Phi) is 7.57. The maximum Gasteiger partial charge on any atom is 0.411 e. The summed E-state index contributed by atoms with van der Waals surface area (Å²) in [5.74, 6) is -1.80. The molecule has 0 unspecified atom stereocenters. The molecule has 2 fully saturated rings. The third-order valence-corrected chi connectivity index (χ3v) is 7.08. The van der Waals surface area contributed by atoms with Gasteiger partial charge in [0.05, 0.1) is 22.9 Å². The quantitative estimate of drug-likeness (QED) is 0.473. The minimum absolute atomic E-state index is 0.0110. The average Bonchev–Trinajstić information content (AvgIpc) is 3.60. The van der Waals surface area contributed by atoms with Gasteiger partial charge < -0.3 is 14.5 Å². The van der Waals surface area contributed by atoms with Crippen molar-refractivity contribution in [2.45, 2.75) is 44.9 Å². The van der Waals surface area contributed by atoms with Gasteiger partial charge in [0.25, 0.3) is 0 Å². The number of piperazine rings is 1. The number of aromatic nitrogens is 4. The Morgan fingerprint density at radius 1 is 1.07 bits per heavy atom. The zero-order valence-electron chi connectivity index (χ0n) is 23.0. The second kappa shape index (κ2) is 11.1. The number of nitrogens with zero attached hydrogens (tertiary/aromatic N) is 8. The van der Waals surface area contributed by atoms with Gasteiger partial charge in [0.15, 0.2) is 0 Å². The molecule has 3 heterocycles. The van der Waals surface area contributed by atoms with Crippen molar-refractivity contribution in [1.82, 2.24) is 30.0 Å². The van der Waals surface area contributed by atoms with Gasteiger partial charge in [-0.2, -0.15) is 10.1 Å². The summed E-state index contributed by atoms with van der Waals surface area (Å²) in [6.45, 7) is 7.22. The third-order valence-electron chi connectivity index (χ3n) is 7.08. The molecule has 0 aliphatic carbocycles. The Balaban J connectivity index is 1.33. The van der Waals surface area contributed by atoms with Gasteiger partial charge in [-0.25, -0.2) is 13.6 Å². The first kappa shape index (κ1) is 27.9. The molecule has 2 saturated heterocycles. The topological polar surface area (TPSA) is 120 Å². The van der Waals surface area contributed by atoms with Crippen LogP contribution in [-0.4, -0.2) is 86.4 Å². The highest BCUT2D eigenvalue weighted by molar-refractivity contribution is 5.87. The summed E-state index contributed by atoms with van der Waals surface area (Å²) in [7, 11) is 0. The lowest BCUT2D eigenvalue weighted by Gasteiger charge is -2.38. The predicted molar refractivity (Wildman–Crippen MR) is 144 cm³/mol. The highest BCUT2D eigenvalue weighted by Gasteiger charge is 2.45.